The Bertz CT molecular complexity index is 420. The molecule has 92 valence electrons. The van der Waals surface area contributed by atoms with Gasteiger partial charge in [0.05, 0.1) is 6.54 Å². The van der Waals surface area contributed by atoms with E-state index >= 15 is 0 Å². The molecule has 1 aliphatic carbocycles. The lowest BCUT2D eigenvalue weighted by Crippen LogP contribution is -2.29. The first-order valence-electron chi connectivity index (χ1n) is 5.74. The predicted octanol–water partition coefficient (Wildman–Crippen LogP) is 1.66. The molecular formula is C11H15BrN4O. The number of carbonyl (C=O) groups excluding carboxylic acids is 1. The van der Waals surface area contributed by atoms with Crippen LogP contribution >= 0.6 is 15.9 Å². The van der Waals surface area contributed by atoms with Gasteiger partial charge >= 0.3 is 0 Å². The number of hydrogen-bond acceptors (Lipinski definition) is 4. The number of carbonyl (C=O) groups is 1. The van der Waals surface area contributed by atoms with Crippen LogP contribution in [-0.2, 0) is 4.79 Å². The number of rotatable bonds is 5. The van der Waals surface area contributed by atoms with Crippen molar-refractivity contribution in [2.24, 2.45) is 0 Å². The molecule has 1 aromatic heterocycles. The Kier molecular flexibility index (Phi) is 3.93. The molecule has 1 amide bonds. The van der Waals surface area contributed by atoms with Gasteiger partial charge in [0.1, 0.15) is 16.2 Å². The van der Waals surface area contributed by atoms with Gasteiger partial charge in [-0.05, 0) is 35.7 Å². The van der Waals surface area contributed by atoms with E-state index in [2.05, 4.69) is 36.5 Å². The number of likely N-dealkylation sites (N-methyl/N-ethyl adjacent to an activating group) is 1. The molecule has 0 aromatic carbocycles. The van der Waals surface area contributed by atoms with E-state index in [0.717, 1.165) is 23.3 Å². The highest BCUT2D eigenvalue weighted by molar-refractivity contribution is 9.10. The number of nitrogens with one attached hydrogen (secondary N) is 2. The van der Waals surface area contributed by atoms with Gasteiger partial charge in [-0.15, -0.1) is 0 Å². The zero-order valence-electron chi connectivity index (χ0n) is 9.66. The van der Waals surface area contributed by atoms with Crippen LogP contribution in [0.5, 0.6) is 0 Å². The lowest BCUT2D eigenvalue weighted by Gasteiger charge is -2.07. The molecule has 1 saturated carbocycles. The summed E-state index contributed by atoms with van der Waals surface area (Å²) < 4.78 is 0.757. The number of halogens is 1. The molecule has 1 fully saturated rings. The smallest absolute Gasteiger partial charge is 0.239 e. The second-order valence-electron chi connectivity index (χ2n) is 4.02. The largest absolute Gasteiger partial charge is 0.361 e. The van der Waals surface area contributed by atoms with Crippen molar-refractivity contribution in [3.63, 3.8) is 0 Å². The highest BCUT2D eigenvalue weighted by atomic mass is 79.9. The second-order valence-corrected chi connectivity index (χ2v) is 4.83. The summed E-state index contributed by atoms with van der Waals surface area (Å²) >= 11 is 3.36. The van der Waals surface area contributed by atoms with Crippen molar-refractivity contribution in [1.29, 1.82) is 0 Å². The Hall–Kier alpha value is -1.17. The van der Waals surface area contributed by atoms with Crippen LogP contribution in [0.3, 0.4) is 0 Å². The van der Waals surface area contributed by atoms with Crippen LogP contribution in [0.1, 0.15) is 31.5 Å². The number of anilines is 1. The summed E-state index contributed by atoms with van der Waals surface area (Å²) in [5.41, 5.74) is 0. The zero-order valence-corrected chi connectivity index (χ0v) is 11.2. The summed E-state index contributed by atoms with van der Waals surface area (Å²) in [6.07, 6.45) is 2.32. The average molecular weight is 299 g/mol. The summed E-state index contributed by atoms with van der Waals surface area (Å²) in [7, 11) is 0. The maximum absolute atomic E-state index is 11.3. The molecule has 0 aliphatic heterocycles. The van der Waals surface area contributed by atoms with E-state index in [1.807, 2.05) is 6.92 Å². The molecule has 0 unspecified atom stereocenters. The molecule has 1 aliphatic rings. The van der Waals surface area contributed by atoms with E-state index in [1.54, 1.807) is 6.07 Å². The Morgan fingerprint density at radius 2 is 2.29 bits per heavy atom. The van der Waals surface area contributed by atoms with Gasteiger partial charge in [-0.2, -0.15) is 0 Å². The minimum Gasteiger partial charge on any atom is -0.361 e. The monoisotopic (exact) mass is 298 g/mol. The Morgan fingerprint density at radius 1 is 1.53 bits per heavy atom. The first-order valence-corrected chi connectivity index (χ1v) is 6.53. The molecule has 0 bridgehead atoms. The van der Waals surface area contributed by atoms with Crippen LogP contribution in [0.15, 0.2) is 10.7 Å². The van der Waals surface area contributed by atoms with Gasteiger partial charge in [0.25, 0.3) is 0 Å². The van der Waals surface area contributed by atoms with E-state index in [9.17, 15) is 4.79 Å². The summed E-state index contributed by atoms with van der Waals surface area (Å²) in [6.45, 7) is 2.77. The fourth-order valence-corrected chi connectivity index (χ4v) is 1.88. The molecule has 0 radical (unpaired) electrons. The van der Waals surface area contributed by atoms with Crippen molar-refractivity contribution in [1.82, 2.24) is 15.3 Å². The number of nitrogens with zero attached hydrogens (tertiary/aromatic N) is 2. The quantitative estimate of drug-likeness (QED) is 0.812. The number of hydrogen-bond donors (Lipinski definition) is 2. The van der Waals surface area contributed by atoms with Crippen LogP contribution in [0.4, 0.5) is 5.82 Å². The molecule has 0 atom stereocenters. The van der Waals surface area contributed by atoms with Gasteiger partial charge in [-0.25, -0.2) is 9.97 Å². The maximum atomic E-state index is 11.3. The van der Waals surface area contributed by atoms with Gasteiger partial charge in [-0.3, -0.25) is 4.79 Å². The van der Waals surface area contributed by atoms with Crippen LogP contribution in [0.2, 0.25) is 0 Å². The fraction of sp³-hybridized carbons (Fsp3) is 0.545. The lowest BCUT2D eigenvalue weighted by atomic mass is 10.4. The van der Waals surface area contributed by atoms with Gasteiger partial charge in [0.15, 0.2) is 0 Å². The van der Waals surface area contributed by atoms with Crippen molar-refractivity contribution >= 4 is 27.7 Å². The van der Waals surface area contributed by atoms with Crippen molar-refractivity contribution < 1.29 is 4.79 Å². The molecule has 5 nitrogen and oxygen atoms in total. The fourth-order valence-electron chi connectivity index (χ4n) is 1.48. The third-order valence-corrected chi connectivity index (χ3v) is 2.86. The van der Waals surface area contributed by atoms with Crippen LogP contribution in [-0.4, -0.2) is 29.0 Å². The van der Waals surface area contributed by atoms with Crippen LogP contribution in [0, 0.1) is 0 Å². The topological polar surface area (TPSA) is 66.9 Å². The van der Waals surface area contributed by atoms with Gasteiger partial charge in [-0.1, -0.05) is 0 Å². The summed E-state index contributed by atoms with van der Waals surface area (Å²) in [5, 5.41) is 5.72. The minimum absolute atomic E-state index is 0.0322. The van der Waals surface area contributed by atoms with E-state index in [1.165, 1.54) is 0 Å². The highest BCUT2D eigenvalue weighted by Crippen LogP contribution is 2.38. The normalized spacial score (nSPS) is 14.5. The highest BCUT2D eigenvalue weighted by Gasteiger charge is 2.27. The van der Waals surface area contributed by atoms with Gasteiger partial charge in [0.2, 0.25) is 5.91 Å². The molecule has 17 heavy (non-hydrogen) atoms. The Balaban J connectivity index is 1.97. The van der Waals surface area contributed by atoms with E-state index in [0.29, 0.717) is 18.3 Å². The standard InChI is InChI=1S/C11H15BrN4O/c1-2-13-10(17)6-14-9-5-8(12)15-11(16-9)7-3-4-7/h5,7H,2-4,6H2,1H3,(H,13,17)(H,14,15,16). The Morgan fingerprint density at radius 3 is 2.94 bits per heavy atom. The Labute approximate surface area is 109 Å². The molecule has 1 aromatic rings. The van der Waals surface area contributed by atoms with Crippen molar-refractivity contribution in [3.8, 4) is 0 Å². The molecule has 2 rings (SSSR count). The number of amides is 1. The van der Waals surface area contributed by atoms with E-state index < -0.39 is 0 Å². The molecular weight excluding hydrogens is 284 g/mol. The third kappa shape index (κ3) is 3.66. The molecule has 2 N–H and O–H groups in total. The molecule has 1 heterocycles. The molecule has 0 saturated heterocycles. The molecule has 0 spiro atoms. The van der Waals surface area contributed by atoms with Crippen LogP contribution < -0.4 is 10.6 Å². The lowest BCUT2D eigenvalue weighted by molar-refractivity contribution is -0.119. The maximum Gasteiger partial charge on any atom is 0.239 e. The average Bonchev–Trinajstić information content (AvgIpc) is 3.10. The first kappa shape index (κ1) is 12.3. The van der Waals surface area contributed by atoms with Gasteiger partial charge < -0.3 is 10.6 Å². The van der Waals surface area contributed by atoms with Crippen molar-refractivity contribution in [2.75, 3.05) is 18.4 Å². The van der Waals surface area contributed by atoms with Crippen molar-refractivity contribution in [3.05, 3.63) is 16.5 Å². The number of aromatic nitrogens is 2. The first-order chi connectivity index (χ1) is 8.19. The van der Waals surface area contributed by atoms with E-state index in [-0.39, 0.29) is 12.5 Å². The minimum atomic E-state index is -0.0322. The third-order valence-electron chi connectivity index (χ3n) is 2.46. The summed E-state index contributed by atoms with van der Waals surface area (Å²) in [4.78, 5) is 20.0. The second kappa shape index (κ2) is 5.44. The summed E-state index contributed by atoms with van der Waals surface area (Å²) in [6, 6.07) is 1.78. The summed E-state index contributed by atoms with van der Waals surface area (Å²) in [5.74, 6) is 2.02. The SMILES string of the molecule is CCNC(=O)CNc1cc(Br)nc(C2CC2)n1. The van der Waals surface area contributed by atoms with Crippen LogP contribution in [0.25, 0.3) is 0 Å². The van der Waals surface area contributed by atoms with Crippen molar-refractivity contribution in [2.45, 2.75) is 25.7 Å². The molecule has 6 heteroatoms. The van der Waals surface area contributed by atoms with Gasteiger partial charge in [0, 0.05) is 18.5 Å². The van der Waals surface area contributed by atoms with E-state index in [4.69, 9.17) is 0 Å². The predicted molar refractivity (Wildman–Crippen MR) is 68.9 cm³/mol. The zero-order chi connectivity index (χ0) is 12.3.